The summed E-state index contributed by atoms with van der Waals surface area (Å²) >= 11 is 0. The van der Waals surface area contributed by atoms with Gasteiger partial charge in [0.15, 0.2) is 0 Å². The number of benzene rings is 1. The first-order valence-corrected chi connectivity index (χ1v) is 7.56. The Morgan fingerprint density at radius 1 is 1.32 bits per heavy atom. The molecule has 2 N–H and O–H groups in total. The number of hydrogen-bond donors (Lipinski definition) is 2. The van der Waals surface area contributed by atoms with Crippen molar-refractivity contribution in [2.45, 2.75) is 38.1 Å². The van der Waals surface area contributed by atoms with E-state index >= 15 is 0 Å². The molecule has 106 valence electrons. The Morgan fingerprint density at radius 3 is 2.47 bits per heavy atom. The quantitative estimate of drug-likeness (QED) is 0.838. The van der Waals surface area contributed by atoms with Crippen LogP contribution in [0.1, 0.15) is 37.6 Å². The van der Waals surface area contributed by atoms with Gasteiger partial charge >= 0.3 is 5.97 Å². The van der Waals surface area contributed by atoms with Crippen molar-refractivity contribution in [3.05, 3.63) is 29.8 Å². The van der Waals surface area contributed by atoms with Crippen molar-refractivity contribution in [3.63, 3.8) is 0 Å². The first kappa shape index (κ1) is 15.7. The molecule has 0 saturated heterocycles. The highest BCUT2D eigenvalue weighted by molar-refractivity contribution is 7.89. The lowest BCUT2D eigenvalue weighted by molar-refractivity contribution is 0.0696. The molecule has 1 aromatic carbocycles. The summed E-state index contributed by atoms with van der Waals surface area (Å²) in [7, 11) is -3.67. The summed E-state index contributed by atoms with van der Waals surface area (Å²) in [5.74, 6) is -0.768. The van der Waals surface area contributed by atoms with Crippen LogP contribution in [-0.4, -0.2) is 25.5 Å². The molecule has 0 heterocycles. The fourth-order valence-corrected chi connectivity index (χ4v) is 3.19. The van der Waals surface area contributed by atoms with E-state index in [0.717, 1.165) is 12.5 Å². The maximum atomic E-state index is 12.1. The van der Waals surface area contributed by atoms with Crippen molar-refractivity contribution in [1.29, 1.82) is 0 Å². The van der Waals surface area contributed by atoms with Gasteiger partial charge in [0, 0.05) is 6.04 Å². The second-order valence-electron chi connectivity index (χ2n) is 4.98. The number of aromatic carboxylic acids is 1. The number of hydrogen-bond acceptors (Lipinski definition) is 3. The molecule has 0 radical (unpaired) electrons. The van der Waals surface area contributed by atoms with Crippen LogP contribution in [0.3, 0.4) is 0 Å². The van der Waals surface area contributed by atoms with E-state index in [-0.39, 0.29) is 16.5 Å². The van der Waals surface area contributed by atoms with Gasteiger partial charge in [-0.05, 0) is 37.5 Å². The van der Waals surface area contributed by atoms with Gasteiger partial charge in [0.05, 0.1) is 10.5 Å². The first-order valence-electron chi connectivity index (χ1n) is 6.08. The lowest BCUT2D eigenvalue weighted by Crippen LogP contribution is -2.33. The molecule has 1 unspecified atom stereocenters. The Labute approximate surface area is 113 Å². The molecule has 0 saturated carbocycles. The number of rotatable bonds is 6. The molecule has 19 heavy (non-hydrogen) atoms. The highest BCUT2D eigenvalue weighted by Crippen LogP contribution is 2.13. The Bertz CT molecular complexity index is 552. The van der Waals surface area contributed by atoms with E-state index < -0.39 is 16.0 Å². The van der Waals surface area contributed by atoms with Gasteiger partial charge in [0.1, 0.15) is 0 Å². The van der Waals surface area contributed by atoms with Gasteiger partial charge in [0.25, 0.3) is 0 Å². The smallest absolute Gasteiger partial charge is 0.335 e. The average Bonchev–Trinajstić information content (AvgIpc) is 2.27. The summed E-state index contributed by atoms with van der Waals surface area (Å²) in [6.45, 7) is 5.81. The normalized spacial score (nSPS) is 13.5. The van der Waals surface area contributed by atoms with E-state index in [9.17, 15) is 13.2 Å². The molecule has 5 nitrogen and oxygen atoms in total. The highest BCUT2D eigenvalue weighted by atomic mass is 32.2. The number of sulfonamides is 1. The van der Waals surface area contributed by atoms with Crippen molar-refractivity contribution < 1.29 is 18.3 Å². The predicted octanol–water partition coefficient (Wildman–Crippen LogP) is 2.10. The van der Waals surface area contributed by atoms with Crippen molar-refractivity contribution >= 4 is 16.0 Å². The van der Waals surface area contributed by atoms with Crippen LogP contribution in [0, 0.1) is 5.92 Å². The molecule has 0 bridgehead atoms. The maximum absolute atomic E-state index is 12.1. The van der Waals surface area contributed by atoms with Gasteiger partial charge in [-0.1, -0.05) is 19.9 Å². The molecule has 1 aromatic rings. The lowest BCUT2D eigenvalue weighted by Gasteiger charge is -2.16. The second-order valence-corrected chi connectivity index (χ2v) is 6.70. The fourth-order valence-electron chi connectivity index (χ4n) is 1.88. The number of nitrogens with one attached hydrogen (secondary N) is 1. The minimum absolute atomic E-state index is 0.0250. The van der Waals surface area contributed by atoms with E-state index in [1.54, 1.807) is 6.92 Å². The van der Waals surface area contributed by atoms with Gasteiger partial charge in [0.2, 0.25) is 10.0 Å². The maximum Gasteiger partial charge on any atom is 0.335 e. The minimum atomic E-state index is -3.67. The highest BCUT2D eigenvalue weighted by Gasteiger charge is 2.19. The summed E-state index contributed by atoms with van der Waals surface area (Å²) in [4.78, 5) is 10.8. The monoisotopic (exact) mass is 285 g/mol. The molecule has 1 rings (SSSR count). The largest absolute Gasteiger partial charge is 0.478 e. The molecule has 0 aliphatic carbocycles. The van der Waals surface area contributed by atoms with Crippen LogP contribution < -0.4 is 4.72 Å². The molecular formula is C13H19NO4S. The summed E-state index contributed by atoms with van der Waals surface area (Å²) in [5, 5.41) is 8.86. The van der Waals surface area contributed by atoms with Crippen molar-refractivity contribution in [1.82, 2.24) is 4.72 Å². The van der Waals surface area contributed by atoms with Crippen molar-refractivity contribution in [2.75, 3.05) is 0 Å². The summed E-state index contributed by atoms with van der Waals surface area (Å²) in [6.07, 6.45) is 0.720. The van der Waals surface area contributed by atoms with E-state index in [1.807, 2.05) is 13.8 Å². The van der Waals surface area contributed by atoms with Gasteiger partial charge in [-0.3, -0.25) is 0 Å². The van der Waals surface area contributed by atoms with Crippen molar-refractivity contribution in [2.24, 2.45) is 5.92 Å². The van der Waals surface area contributed by atoms with E-state index in [4.69, 9.17) is 5.11 Å². The van der Waals surface area contributed by atoms with E-state index in [1.165, 1.54) is 18.2 Å². The van der Waals surface area contributed by atoms with Gasteiger partial charge < -0.3 is 5.11 Å². The molecular weight excluding hydrogens is 266 g/mol. The molecule has 6 heteroatoms. The molecule has 0 fully saturated rings. The van der Waals surface area contributed by atoms with Crippen molar-refractivity contribution in [3.8, 4) is 0 Å². The Morgan fingerprint density at radius 2 is 1.95 bits per heavy atom. The first-order chi connectivity index (χ1) is 8.72. The third kappa shape index (κ3) is 4.65. The van der Waals surface area contributed by atoms with Gasteiger partial charge in [-0.2, -0.15) is 0 Å². The molecule has 0 amide bonds. The van der Waals surface area contributed by atoms with Crippen LogP contribution in [0.25, 0.3) is 0 Å². The van der Waals surface area contributed by atoms with E-state index in [0.29, 0.717) is 5.92 Å². The molecule has 0 aliphatic heterocycles. The number of carbonyl (C=O) groups is 1. The molecule has 1 atom stereocenters. The average molecular weight is 285 g/mol. The van der Waals surface area contributed by atoms with Gasteiger partial charge in [-0.25, -0.2) is 17.9 Å². The van der Waals surface area contributed by atoms with Crippen LogP contribution in [0.15, 0.2) is 29.2 Å². The van der Waals surface area contributed by atoms with Crippen LogP contribution in [0.5, 0.6) is 0 Å². The van der Waals surface area contributed by atoms with Crippen LogP contribution in [0.4, 0.5) is 0 Å². The SMILES string of the molecule is CC(C)CC(C)NS(=O)(=O)c1cccc(C(=O)O)c1. The Hall–Kier alpha value is -1.40. The summed E-state index contributed by atoms with van der Waals surface area (Å²) in [6, 6.07) is 5.13. The molecule has 0 spiro atoms. The lowest BCUT2D eigenvalue weighted by atomic mass is 10.1. The summed E-state index contributed by atoms with van der Waals surface area (Å²) < 4.78 is 26.7. The Kier molecular flexibility index (Phi) is 5.08. The number of carboxylic acid groups (broad SMARTS) is 1. The third-order valence-electron chi connectivity index (χ3n) is 2.57. The van der Waals surface area contributed by atoms with Crippen LogP contribution in [-0.2, 0) is 10.0 Å². The van der Waals surface area contributed by atoms with Gasteiger partial charge in [-0.15, -0.1) is 0 Å². The fraction of sp³-hybridized carbons (Fsp3) is 0.462. The Balaban J connectivity index is 2.94. The minimum Gasteiger partial charge on any atom is -0.478 e. The standard InChI is InChI=1S/C13H19NO4S/c1-9(2)7-10(3)14-19(17,18)12-6-4-5-11(8-12)13(15)16/h4-6,8-10,14H,7H2,1-3H3,(H,15,16). The second kappa shape index (κ2) is 6.16. The van der Waals surface area contributed by atoms with Crippen LogP contribution in [0.2, 0.25) is 0 Å². The number of carboxylic acids is 1. The van der Waals surface area contributed by atoms with E-state index in [2.05, 4.69) is 4.72 Å². The zero-order valence-corrected chi connectivity index (χ0v) is 12.1. The summed E-state index contributed by atoms with van der Waals surface area (Å²) in [5.41, 5.74) is -0.0422. The van der Waals surface area contributed by atoms with Crippen LogP contribution >= 0.6 is 0 Å². The zero-order valence-electron chi connectivity index (χ0n) is 11.3. The topological polar surface area (TPSA) is 83.5 Å². The molecule has 0 aliphatic rings. The zero-order chi connectivity index (χ0) is 14.6. The third-order valence-corrected chi connectivity index (χ3v) is 4.16. The molecule has 0 aromatic heterocycles. The predicted molar refractivity (Wildman–Crippen MR) is 72.6 cm³/mol.